The summed E-state index contributed by atoms with van der Waals surface area (Å²) >= 11 is 0. The summed E-state index contributed by atoms with van der Waals surface area (Å²) in [4.78, 5) is 11.9. The van der Waals surface area contributed by atoms with E-state index in [1.54, 1.807) is 6.20 Å². The molecule has 1 N–H and O–H groups in total. The normalized spacial score (nSPS) is 10.9. The molecule has 0 saturated heterocycles. The van der Waals surface area contributed by atoms with Gasteiger partial charge >= 0.3 is 0 Å². The number of benzene rings is 1. The van der Waals surface area contributed by atoms with E-state index < -0.39 is 0 Å². The number of hydrogen-bond acceptors (Lipinski definition) is 2. The van der Waals surface area contributed by atoms with Crippen molar-refractivity contribution in [3.63, 3.8) is 0 Å². The van der Waals surface area contributed by atoms with E-state index in [0.29, 0.717) is 0 Å². The van der Waals surface area contributed by atoms with Crippen LogP contribution in [0.15, 0.2) is 42.7 Å². The van der Waals surface area contributed by atoms with E-state index in [-0.39, 0.29) is 0 Å². The van der Waals surface area contributed by atoms with Crippen LogP contribution in [0.1, 0.15) is 17.0 Å². The van der Waals surface area contributed by atoms with Crippen LogP contribution >= 0.6 is 0 Å². The van der Waals surface area contributed by atoms with Crippen LogP contribution < -0.4 is 0 Å². The van der Waals surface area contributed by atoms with E-state index in [4.69, 9.17) is 0 Å². The first-order chi connectivity index (χ1) is 8.81. The Morgan fingerprint density at radius 1 is 1.06 bits per heavy atom. The van der Waals surface area contributed by atoms with Gasteiger partial charge in [-0.2, -0.15) is 0 Å². The van der Waals surface area contributed by atoms with Crippen molar-refractivity contribution in [3.8, 4) is 0 Å². The summed E-state index contributed by atoms with van der Waals surface area (Å²) in [7, 11) is 0. The van der Waals surface area contributed by atoms with E-state index in [1.165, 1.54) is 11.1 Å². The van der Waals surface area contributed by atoms with Crippen molar-refractivity contribution in [2.24, 2.45) is 0 Å². The lowest BCUT2D eigenvalue weighted by atomic mass is 10.1. The second kappa shape index (κ2) is 4.61. The number of H-pyrrole nitrogens is 1. The number of pyridine rings is 1. The number of rotatable bonds is 3. The predicted molar refractivity (Wildman–Crippen MR) is 72.5 cm³/mol. The highest BCUT2D eigenvalue weighted by Gasteiger charge is 2.02. The smallest absolute Gasteiger partial charge is 0.107 e. The van der Waals surface area contributed by atoms with Crippen molar-refractivity contribution in [1.82, 2.24) is 15.0 Å². The molecular weight excluding hydrogens is 222 g/mol. The predicted octanol–water partition coefficient (Wildman–Crippen LogP) is 3.05. The lowest BCUT2D eigenvalue weighted by Gasteiger charge is -1.99. The Hall–Kier alpha value is -2.16. The Morgan fingerprint density at radius 3 is 2.67 bits per heavy atom. The number of nitrogens with zero attached hydrogens (tertiary/aromatic N) is 2. The molecule has 18 heavy (non-hydrogen) atoms. The van der Waals surface area contributed by atoms with Gasteiger partial charge in [0.25, 0.3) is 0 Å². The zero-order chi connectivity index (χ0) is 12.4. The summed E-state index contributed by atoms with van der Waals surface area (Å²) in [6, 6.07) is 10.6. The quantitative estimate of drug-likeness (QED) is 0.760. The molecule has 0 atom stereocenters. The molecule has 0 saturated carbocycles. The first-order valence-corrected chi connectivity index (χ1v) is 6.15. The van der Waals surface area contributed by atoms with Gasteiger partial charge in [-0.15, -0.1) is 0 Å². The second-order valence-corrected chi connectivity index (χ2v) is 4.56. The van der Waals surface area contributed by atoms with Crippen molar-refractivity contribution < 1.29 is 0 Å². The third-order valence-corrected chi connectivity index (χ3v) is 3.10. The molecule has 1 aromatic carbocycles. The van der Waals surface area contributed by atoms with Crippen LogP contribution in [-0.4, -0.2) is 15.0 Å². The first kappa shape index (κ1) is 11.0. The van der Waals surface area contributed by atoms with Gasteiger partial charge in [0.15, 0.2) is 0 Å². The van der Waals surface area contributed by atoms with E-state index in [0.717, 1.165) is 29.7 Å². The largest absolute Gasteiger partial charge is 0.341 e. The molecule has 2 heterocycles. The number of fused-ring (bicyclic) bond motifs is 1. The number of imidazole rings is 1. The molecule has 0 fully saturated rings. The van der Waals surface area contributed by atoms with Crippen molar-refractivity contribution in [2.45, 2.75) is 19.8 Å². The topological polar surface area (TPSA) is 41.6 Å². The maximum absolute atomic E-state index is 4.55. The second-order valence-electron chi connectivity index (χ2n) is 4.56. The minimum Gasteiger partial charge on any atom is -0.341 e. The van der Waals surface area contributed by atoms with E-state index in [9.17, 15) is 0 Å². The number of nitrogens with one attached hydrogen (secondary N) is 1. The summed E-state index contributed by atoms with van der Waals surface area (Å²) in [6.07, 6.45) is 5.52. The Bertz CT molecular complexity index is 620. The van der Waals surface area contributed by atoms with Gasteiger partial charge in [-0.05, 0) is 25.0 Å². The SMILES string of the molecule is Cc1ccc(CCc2nc3ccncc3[nH]2)cc1. The number of aromatic nitrogens is 3. The zero-order valence-corrected chi connectivity index (χ0v) is 10.4. The molecule has 0 bridgehead atoms. The van der Waals surface area contributed by atoms with E-state index in [2.05, 4.69) is 46.1 Å². The van der Waals surface area contributed by atoms with Gasteiger partial charge in [0, 0.05) is 12.6 Å². The monoisotopic (exact) mass is 237 g/mol. The Labute approximate surface area is 106 Å². The molecule has 0 unspecified atom stereocenters. The number of aryl methyl sites for hydroxylation is 3. The molecule has 3 rings (SSSR count). The molecule has 0 spiro atoms. The number of aromatic amines is 1. The average molecular weight is 237 g/mol. The highest BCUT2D eigenvalue weighted by Crippen LogP contribution is 2.11. The first-order valence-electron chi connectivity index (χ1n) is 6.15. The Morgan fingerprint density at radius 2 is 1.89 bits per heavy atom. The number of hydrogen-bond donors (Lipinski definition) is 1. The molecule has 0 aliphatic heterocycles. The standard InChI is InChI=1S/C15H15N3/c1-11-2-4-12(5-3-11)6-7-15-17-13-8-9-16-10-14(13)18-15/h2-5,8-10H,6-7H2,1H3,(H,17,18). The van der Waals surface area contributed by atoms with E-state index in [1.807, 2.05) is 12.3 Å². The van der Waals surface area contributed by atoms with Crippen molar-refractivity contribution in [1.29, 1.82) is 0 Å². The van der Waals surface area contributed by atoms with Crippen LogP contribution in [0.4, 0.5) is 0 Å². The lowest BCUT2D eigenvalue weighted by Crippen LogP contribution is -1.93. The maximum Gasteiger partial charge on any atom is 0.107 e. The van der Waals surface area contributed by atoms with Crippen LogP contribution in [0.3, 0.4) is 0 Å². The maximum atomic E-state index is 4.55. The van der Waals surface area contributed by atoms with Crippen molar-refractivity contribution >= 4 is 11.0 Å². The van der Waals surface area contributed by atoms with Crippen LogP contribution in [0, 0.1) is 6.92 Å². The zero-order valence-electron chi connectivity index (χ0n) is 10.4. The molecule has 0 amide bonds. The fraction of sp³-hybridized carbons (Fsp3) is 0.200. The van der Waals surface area contributed by atoms with Gasteiger partial charge in [0.2, 0.25) is 0 Å². The summed E-state index contributed by atoms with van der Waals surface area (Å²) in [6.45, 7) is 2.11. The summed E-state index contributed by atoms with van der Waals surface area (Å²) in [5, 5.41) is 0. The molecule has 3 nitrogen and oxygen atoms in total. The van der Waals surface area contributed by atoms with Gasteiger partial charge in [0.1, 0.15) is 5.82 Å². The van der Waals surface area contributed by atoms with E-state index >= 15 is 0 Å². The fourth-order valence-electron chi connectivity index (χ4n) is 2.05. The summed E-state index contributed by atoms with van der Waals surface area (Å²) in [5.41, 5.74) is 4.65. The van der Waals surface area contributed by atoms with Gasteiger partial charge in [-0.25, -0.2) is 4.98 Å². The highest BCUT2D eigenvalue weighted by molar-refractivity contribution is 5.73. The summed E-state index contributed by atoms with van der Waals surface area (Å²) < 4.78 is 0. The summed E-state index contributed by atoms with van der Waals surface area (Å²) in [5.74, 6) is 1.03. The van der Waals surface area contributed by atoms with Crippen LogP contribution in [-0.2, 0) is 12.8 Å². The molecule has 0 aliphatic rings. The van der Waals surface area contributed by atoms with Crippen LogP contribution in [0.5, 0.6) is 0 Å². The molecule has 3 aromatic rings. The lowest BCUT2D eigenvalue weighted by molar-refractivity contribution is 0.889. The highest BCUT2D eigenvalue weighted by atomic mass is 14.9. The third kappa shape index (κ3) is 2.25. The third-order valence-electron chi connectivity index (χ3n) is 3.10. The molecule has 0 radical (unpaired) electrons. The van der Waals surface area contributed by atoms with Crippen LogP contribution in [0.25, 0.3) is 11.0 Å². The van der Waals surface area contributed by atoms with Crippen LogP contribution in [0.2, 0.25) is 0 Å². The molecule has 0 aliphatic carbocycles. The van der Waals surface area contributed by atoms with Gasteiger partial charge < -0.3 is 4.98 Å². The van der Waals surface area contributed by atoms with Crippen molar-refractivity contribution in [3.05, 3.63) is 59.7 Å². The molecular formula is C15H15N3. The fourth-order valence-corrected chi connectivity index (χ4v) is 2.05. The van der Waals surface area contributed by atoms with Crippen molar-refractivity contribution in [2.75, 3.05) is 0 Å². The van der Waals surface area contributed by atoms with Gasteiger partial charge in [0.05, 0.1) is 17.2 Å². The van der Waals surface area contributed by atoms with Gasteiger partial charge in [-0.1, -0.05) is 29.8 Å². The molecule has 2 aromatic heterocycles. The molecule has 90 valence electrons. The Balaban J connectivity index is 1.74. The minimum atomic E-state index is 0.928. The van der Waals surface area contributed by atoms with Gasteiger partial charge in [-0.3, -0.25) is 4.98 Å². The Kier molecular flexibility index (Phi) is 2.81. The molecule has 3 heteroatoms. The minimum absolute atomic E-state index is 0.928. The average Bonchev–Trinajstić information content (AvgIpc) is 2.81.